The van der Waals surface area contributed by atoms with Gasteiger partial charge in [0.25, 0.3) is 0 Å². The minimum Gasteiger partial charge on any atom is -0.381 e. The maximum atomic E-state index is 5.85. The van der Waals surface area contributed by atoms with Crippen molar-refractivity contribution in [3.63, 3.8) is 0 Å². The molecule has 4 heteroatoms. The average Bonchev–Trinajstić information content (AvgIpc) is 2.54. The average molecular weight is 295 g/mol. The molecule has 3 rings (SSSR count). The topological polar surface area (TPSA) is 27.7 Å². The quantitative estimate of drug-likeness (QED) is 0.833. The van der Waals surface area contributed by atoms with E-state index in [1.807, 2.05) is 0 Å². The summed E-state index contributed by atoms with van der Waals surface area (Å²) in [7, 11) is 0. The molecule has 0 aliphatic carbocycles. The zero-order valence-corrected chi connectivity index (χ0v) is 13.8. The molecule has 0 spiro atoms. The zero-order chi connectivity index (χ0) is 14.5. The third kappa shape index (κ3) is 3.98. The molecular formula is C17H33N3O. The van der Waals surface area contributed by atoms with Gasteiger partial charge in [-0.1, -0.05) is 13.3 Å². The number of nitrogens with zero attached hydrogens (tertiary/aromatic N) is 2. The summed E-state index contributed by atoms with van der Waals surface area (Å²) in [5.74, 6) is 0. The Morgan fingerprint density at radius 2 is 2.14 bits per heavy atom. The molecule has 0 bridgehead atoms. The van der Waals surface area contributed by atoms with Crippen LogP contribution in [-0.2, 0) is 4.74 Å². The van der Waals surface area contributed by atoms with Crippen LogP contribution in [0.2, 0.25) is 0 Å². The van der Waals surface area contributed by atoms with Crippen molar-refractivity contribution in [3.8, 4) is 0 Å². The lowest BCUT2D eigenvalue weighted by molar-refractivity contribution is -0.0423. The lowest BCUT2D eigenvalue weighted by Crippen LogP contribution is -2.58. The van der Waals surface area contributed by atoms with E-state index in [4.69, 9.17) is 4.74 Å². The zero-order valence-electron chi connectivity index (χ0n) is 13.8. The van der Waals surface area contributed by atoms with Crippen LogP contribution in [0.5, 0.6) is 0 Å². The molecule has 3 heterocycles. The number of piperazine rings is 1. The van der Waals surface area contributed by atoms with Crippen LogP contribution in [0.1, 0.15) is 39.0 Å². The molecule has 1 N–H and O–H groups in total. The number of hydrogen-bond acceptors (Lipinski definition) is 4. The Balaban J connectivity index is 1.57. The Hall–Kier alpha value is -0.160. The number of ether oxygens (including phenoxy) is 1. The first-order valence-corrected chi connectivity index (χ1v) is 9.06. The number of piperidine rings is 1. The summed E-state index contributed by atoms with van der Waals surface area (Å²) in [5.41, 5.74) is 0.352. The standard InChI is InChI=1S/C17H33N3O/c1-2-18-13-17(7-5-11-21-15-17)14-19-9-10-20-8-4-3-6-16(20)12-19/h16,18H,2-15H2,1H3. The predicted molar refractivity (Wildman–Crippen MR) is 86.7 cm³/mol. The largest absolute Gasteiger partial charge is 0.381 e. The van der Waals surface area contributed by atoms with Gasteiger partial charge in [-0.2, -0.15) is 0 Å². The summed E-state index contributed by atoms with van der Waals surface area (Å²) in [6, 6.07) is 0.827. The second-order valence-corrected chi connectivity index (χ2v) is 7.36. The van der Waals surface area contributed by atoms with E-state index in [1.165, 1.54) is 64.8 Å². The SMILES string of the molecule is CCNCC1(CN2CCN3CCCCC3C2)CCCOC1. The number of nitrogens with one attached hydrogen (secondary N) is 1. The van der Waals surface area contributed by atoms with E-state index in [-0.39, 0.29) is 0 Å². The van der Waals surface area contributed by atoms with Gasteiger partial charge < -0.3 is 10.1 Å². The molecule has 3 aliphatic heterocycles. The molecule has 0 aromatic rings. The maximum Gasteiger partial charge on any atom is 0.0546 e. The number of rotatable bonds is 5. The van der Waals surface area contributed by atoms with Crippen LogP contribution in [0.4, 0.5) is 0 Å². The fraction of sp³-hybridized carbons (Fsp3) is 1.00. The molecule has 3 aliphatic rings. The van der Waals surface area contributed by atoms with Gasteiger partial charge in [0.05, 0.1) is 6.61 Å². The highest BCUT2D eigenvalue weighted by Crippen LogP contribution is 2.31. The van der Waals surface area contributed by atoms with Gasteiger partial charge in [-0.3, -0.25) is 9.80 Å². The Labute approximate surface area is 130 Å². The Bertz CT molecular complexity index is 317. The normalized spacial score (nSPS) is 35.6. The fourth-order valence-electron chi connectivity index (χ4n) is 4.46. The minimum atomic E-state index is 0.352. The minimum absolute atomic E-state index is 0.352. The number of fused-ring (bicyclic) bond motifs is 1. The first-order chi connectivity index (χ1) is 10.3. The first-order valence-electron chi connectivity index (χ1n) is 9.06. The van der Waals surface area contributed by atoms with Crippen molar-refractivity contribution in [2.75, 3.05) is 59.0 Å². The van der Waals surface area contributed by atoms with E-state index in [0.717, 1.165) is 32.3 Å². The lowest BCUT2D eigenvalue weighted by atomic mass is 9.81. The Kier molecular flexibility index (Phi) is 5.54. The van der Waals surface area contributed by atoms with E-state index in [0.29, 0.717) is 5.41 Å². The second kappa shape index (κ2) is 7.40. The van der Waals surface area contributed by atoms with Crippen LogP contribution in [0.25, 0.3) is 0 Å². The molecule has 21 heavy (non-hydrogen) atoms. The van der Waals surface area contributed by atoms with Crippen LogP contribution in [0, 0.1) is 5.41 Å². The Morgan fingerprint density at radius 1 is 1.19 bits per heavy atom. The van der Waals surface area contributed by atoms with Gasteiger partial charge in [0.15, 0.2) is 0 Å². The maximum absolute atomic E-state index is 5.85. The van der Waals surface area contributed by atoms with Gasteiger partial charge in [0.1, 0.15) is 0 Å². The third-order valence-electron chi connectivity index (χ3n) is 5.63. The number of hydrogen-bond donors (Lipinski definition) is 1. The molecule has 0 aromatic heterocycles. The Morgan fingerprint density at radius 3 is 2.95 bits per heavy atom. The van der Waals surface area contributed by atoms with Crippen molar-refractivity contribution in [2.45, 2.75) is 45.1 Å². The van der Waals surface area contributed by atoms with Crippen LogP contribution in [0.3, 0.4) is 0 Å². The van der Waals surface area contributed by atoms with Crippen LogP contribution >= 0.6 is 0 Å². The summed E-state index contributed by atoms with van der Waals surface area (Å²) in [6.07, 6.45) is 6.81. The monoisotopic (exact) mass is 295 g/mol. The molecule has 2 atom stereocenters. The van der Waals surface area contributed by atoms with Gasteiger partial charge in [-0.05, 0) is 38.8 Å². The van der Waals surface area contributed by atoms with Crippen molar-refractivity contribution < 1.29 is 4.74 Å². The van der Waals surface area contributed by atoms with Crippen LogP contribution in [0.15, 0.2) is 0 Å². The van der Waals surface area contributed by atoms with Crippen LogP contribution < -0.4 is 5.32 Å². The molecule has 2 unspecified atom stereocenters. The molecule has 122 valence electrons. The fourth-order valence-corrected chi connectivity index (χ4v) is 4.46. The van der Waals surface area contributed by atoms with E-state index in [9.17, 15) is 0 Å². The van der Waals surface area contributed by atoms with Crippen molar-refractivity contribution >= 4 is 0 Å². The van der Waals surface area contributed by atoms with E-state index >= 15 is 0 Å². The van der Waals surface area contributed by atoms with Gasteiger partial charge in [-0.15, -0.1) is 0 Å². The second-order valence-electron chi connectivity index (χ2n) is 7.36. The van der Waals surface area contributed by atoms with Gasteiger partial charge >= 0.3 is 0 Å². The highest BCUT2D eigenvalue weighted by atomic mass is 16.5. The molecule has 3 fully saturated rings. The van der Waals surface area contributed by atoms with E-state index in [2.05, 4.69) is 22.0 Å². The predicted octanol–water partition coefficient (Wildman–Crippen LogP) is 1.56. The highest BCUT2D eigenvalue weighted by Gasteiger charge is 2.37. The van der Waals surface area contributed by atoms with Crippen molar-refractivity contribution in [1.29, 1.82) is 0 Å². The van der Waals surface area contributed by atoms with Gasteiger partial charge in [0.2, 0.25) is 0 Å². The molecule has 0 saturated carbocycles. The first kappa shape index (κ1) is 15.7. The molecule has 3 saturated heterocycles. The molecule has 4 nitrogen and oxygen atoms in total. The molecule has 0 aromatic carbocycles. The smallest absolute Gasteiger partial charge is 0.0546 e. The summed E-state index contributed by atoms with van der Waals surface area (Å²) >= 11 is 0. The molecule has 0 amide bonds. The van der Waals surface area contributed by atoms with Crippen molar-refractivity contribution in [2.24, 2.45) is 5.41 Å². The third-order valence-corrected chi connectivity index (χ3v) is 5.63. The summed E-state index contributed by atoms with van der Waals surface area (Å²) in [6.45, 7) is 12.7. The van der Waals surface area contributed by atoms with E-state index < -0.39 is 0 Å². The van der Waals surface area contributed by atoms with Gasteiger partial charge in [-0.25, -0.2) is 0 Å². The molecule has 0 radical (unpaired) electrons. The highest BCUT2D eigenvalue weighted by molar-refractivity contribution is 4.91. The van der Waals surface area contributed by atoms with Crippen molar-refractivity contribution in [1.82, 2.24) is 15.1 Å². The summed E-state index contributed by atoms with van der Waals surface area (Å²) < 4.78 is 5.85. The summed E-state index contributed by atoms with van der Waals surface area (Å²) in [4.78, 5) is 5.47. The lowest BCUT2D eigenvalue weighted by Gasteiger charge is -2.48. The molecular weight excluding hydrogens is 262 g/mol. The van der Waals surface area contributed by atoms with E-state index in [1.54, 1.807) is 0 Å². The summed E-state index contributed by atoms with van der Waals surface area (Å²) in [5, 5.41) is 3.59. The van der Waals surface area contributed by atoms with Crippen LogP contribution in [-0.4, -0.2) is 74.9 Å². The van der Waals surface area contributed by atoms with Crippen molar-refractivity contribution in [3.05, 3.63) is 0 Å². The van der Waals surface area contributed by atoms with Gasteiger partial charge in [0, 0.05) is 50.8 Å².